The summed E-state index contributed by atoms with van der Waals surface area (Å²) in [4.78, 5) is 0. The molecule has 0 saturated carbocycles. The molecular weight excluding hydrogens is 142 g/mol. The van der Waals surface area contributed by atoms with E-state index < -0.39 is 0 Å². The molecule has 1 aromatic carbocycles. The Balaban J connectivity index is 2.69. The van der Waals surface area contributed by atoms with Gasteiger partial charge in [0.05, 0.1) is 6.61 Å². The summed E-state index contributed by atoms with van der Waals surface area (Å²) in [5.41, 5.74) is 7.35. The first kappa shape index (κ1) is 7.31. The minimum absolute atomic E-state index is 0.567. The molecule has 0 fully saturated rings. The van der Waals surface area contributed by atoms with Gasteiger partial charge in [0.15, 0.2) is 0 Å². The second kappa shape index (κ2) is 3.39. The van der Waals surface area contributed by atoms with Gasteiger partial charge in [0.2, 0.25) is 10.5 Å². The molecule has 0 aromatic heterocycles. The summed E-state index contributed by atoms with van der Waals surface area (Å²) in [7, 11) is 2.92. The number of rotatable bonds is 2. The second-order valence-electron chi connectivity index (χ2n) is 2.03. The van der Waals surface area contributed by atoms with E-state index in [1.807, 2.05) is 24.3 Å². The van der Waals surface area contributed by atoms with Crippen LogP contribution in [0.2, 0.25) is 0 Å². The van der Waals surface area contributed by atoms with Crippen LogP contribution in [-0.4, -0.2) is 10.5 Å². The second-order valence-corrected chi connectivity index (χ2v) is 2.32. The largest absolute Gasteiger partial charge is 0.414 e. The van der Waals surface area contributed by atoms with Crippen molar-refractivity contribution in [1.29, 1.82) is 0 Å². The lowest BCUT2D eigenvalue weighted by Crippen LogP contribution is -1.89. The average Bonchev–Trinajstić information content (AvgIpc) is 1.95. The van der Waals surface area contributed by atoms with Crippen molar-refractivity contribution in [2.75, 3.05) is 5.73 Å². The van der Waals surface area contributed by atoms with Gasteiger partial charge < -0.3 is 10.2 Å². The Kier molecular flexibility index (Phi) is 2.47. The lowest BCUT2D eigenvalue weighted by Gasteiger charge is -1.98. The summed E-state index contributed by atoms with van der Waals surface area (Å²) < 4.78 is 4.73. The van der Waals surface area contributed by atoms with E-state index in [-0.39, 0.29) is 0 Å². The van der Waals surface area contributed by atoms with Crippen LogP contribution in [0, 0.1) is 0 Å². The molecular formula is C7H8NOSi. The van der Waals surface area contributed by atoms with Crippen molar-refractivity contribution in [1.82, 2.24) is 0 Å². The molecule has 3 heteroatoms. The fourth-order valence-corrected chi connectivity index (χ4v) is 0.864. The third kappa shape index (κ3) is 1.86. The monoisotopic (exact) mass is 150 g/mol. The van der Waals surface area contributed by atoms with Gasteiger partial charge in [0.25, 0.3) is 0 Å². The van der Waals surface area contributed by atoms with Crippen molar-refractivity contribution in [3.63, 3.8) is 0 Å². The molecule has 0 spiro atoms. The van der Waals surface area contributed by atoms with Crippen LogP contribution in [0.25, 0.3) is 0 Å². The van der Waals surface area contributed by atoms with Gasteiger partial charge in [0.1, 0.15) is 0 Å². The predicted molar refractivity (Wildman–Crippen MR) is 41.4 cm³/mol. The van der Waals surface area contributed by atoms with E-state index >= 15 is 0 Å². The molecule has 0 aliphatic rings. The normalized spacial score (nSPS) is 9.70. The van der Waals surface area contributed by atoms with Crippen LogP contribution < -0.4 is 5.73 Å². The van der Waals surface area contributed by atoms with Gasteiger partial charge in [-0.3, -0.25) is 0 Å². The number of nitrogens with two attached hydrogens (primary N) is 1. The molecule has 0 atom stereocenters. The average molecular weight is 150 g/mol. The van der Waals surface area contributed by atoms with Gasteiger partial charge in [-0.25, -0.2) is 0 Å². The molecule has 1 rings (SSSR count). The van der Waals surface area contributed by atoms with E-state index in [2.05, 4.69) is 10.5 Å². The van der Waals surface area contributed by atoms with E-state index in [9.17, 15) is 0 Å². The van der Waals surface area contributed by atoms with Crippen LogP contribution in [0.4, 0.5) is 5.69 Å². The smallest absolute Gasteiger partial charge is 0.246 e. The molecule has 1 aromatic rings. The van der Waals surface area contributed by atoms with E-state index in [4.69, 9.17) is 10.2 Å². The standard InChI is InChI=1S/C7H8NOSi/c8-7-3-1-6(2-4-7)5-9-10/h1-4H,5,8H2. The highest BCUT2D eigenvalue weighted by molar-refractivity contribution is 5.97. The zero-order valence-corrected chi connectivity index (χ0v) is 6.50. The van der Waals surface area contributed by atoms with Crippen LogP contribution in [0.3, 0.4) is 0 Å². The molecule has 2 nitrogen and oxygen atoms in total. The van der Waals surface area contributed by atoms with Crippen LogP contribution in [0.1, 0.15) is 5.56 Å². The Hall–Kier alpha value is -0.803. The van der Waals surface area contributed by atoms with Crippen molar-refractivity contribution >= 4 is 16.2 Å². The zero-order chi connectivity index (χ0) is 7.40. The summed E-state index contributed by atoms with van der Waals surface area (Å²) in [6.07, 6.45) is 0. The Morgan fingerprint density at radius 3 is 2.40 bits per heavy atom. The van der Waals surface area contributed by atoms with Gasteiger partial charge in [-0.1, -0.05) is 12.1 Å². The highest BCUT2D eigenvalue weighted by atomic mass is 28.2. The Morgan fingerprint density at radius 1 is 1.30 bits per heavy atom. The molecule has 10 heavy (non-hydrogen) atoms. The maximum atomic E-state index is 5.47. The Bertz CT molecular complexity index is 197. The van der Waals surface area contributed by atoms with Gasteiger partial charge in [0, 0.05) is 5.69 Å². The number of nitrogen functional groups attached to an aromatic ring is 1. The van der Waals surface area contributed by atoms with Gasteiger partial charge >= 0.3 is 0 Å². The Morgan fingerprint density at radius 2 is 1.90 bits per heavy atom. The highest BCUT2D eigenvalue weighted by Crippen LogP contribution is 2.05. The first-order valence-electron chi connectivity index (χ1n) is 2.96. The number of hydrogen-bond acceptors (Lipinski definition) is 2. The van der Waals surface area contributed by atoms with Gasteiger partial charge in [-0.2, -0.15) is 0 Å². The Labute approximate surface area is 63.5 Å². The van der Waals surface area contributed by atoms with E-state index in [0.29, 0.717) is 6.61 Å². The third-order valence-electron chi connectivity index (χ3n) is 1.22. The third-order valence-corrected chi connectivity index (χ3v) is 1.36. The van der Waals surface area contributed by atoms with Gasteiger partial charge in [-0.05, 0) is 17.7 Å². The van der Waals surface area contributed by atoms with Crippen LogP contribution in [-0.2, 0) is 11.0 Å². The zero-order valence-electron chi connectivity index (χ0n) is 5.50. The topological polar surface area (TPSA) is 35.2 Å². The lowest BCUT2D eigenvalue weighted by atomic mass is 10.2. The summed E-state index contributed by atoms with van der Waals surface area (Å²) in [5.74, 6) is 0. The van der Waals surface area contributed by atoms with Crippen LogP contribution in [0.5, 0.6) is 0 Å². The van der Waals surface area contributed by atoms with E-state index in [1.165, 1.54) is 0 Å². The highest BCUT2D eigenvalue weighted by Gasteiger charge is 1.88. The molecule has 51 valence electrons. The van der Waals surface area contributed by atoms with E-state index in [0.717, 1.165) is 11.3 Å². The molecule has 0 aliphatic carbocycles. The first-order chi connectivity index (χ1) is 4.83. The van der Waals surface area contributed by atoms with Crippen LogP contribution >= 0.6 is 0 Å². The fraction of sp³-hybridized carbons (Fsp3) is 0.143. The molecule has 3 radical (unpaired) electrons. The van der Waals surface area contributed by atoms with Crippen molar-refractivity contribution < 1.29 is 4.43 Å². The number of anilines is 1. The van der Waals surface area contributed by atoms with Crippen LogP contribution in [0.15, 0.2) is 24.3 Å². The molecule has 0 heterocycles. The summed E-state index contributed by atoms with van der Waals surface area (Å²) >= 11 is 0. The molecule has 2 N–H and O–H groups in total. The predicted octanol–water partition coefficient (Wildman–Crippen LogP) is 0.869. The number of benzene rings is 1. The SMILES string of the molecule is Nc1ccc(CO[Si])cc1. The molecule has 0 saturated heterocycles. The summed E-state index contributed by atoms with van der Waals surface area (Å²) in [6, 6.07) is 7.55. The minimum atomic E-state index is 0.567. The fourth-order valence-electron chi connectivity index (χ4n) is 0.697. The first-order valence-corrected chi connectivity index (χ1v) is 3.36. The minimum Gasteiger partial charge on any atom is -0.414 e. The maximum absolute atomic E-state index is 5.47. The van der Waals surface area contributed by atoms with Crippen molar-refractivity contribution in [3.05, 3.63) is 29.8 Å². The number of hydrogen-bond donors (Lipinski definition) is 1. The summed E-state index contributed by atoms with van der Waals surface area (Å²) in [5, 5.41) is 0. The molecule has 0 amide bonds. The van der Waals surface area contributed by atoms with Crippen molar-refractivity contribution in [2.24, 2.45) is 0 Å². The van der Waals surface area contributed by atoms with Gasteiger partial charge in [-0.15, -0.1) is 0 Å². The quantitative estimate of drug-likeness (QED) is 0.501. The lowest BCUT2D eigenvalue weighted by molar-refractivity contribution is 0.338. The summed E-state index contributed by atoms with van der Waals surface area (Å²) in [6.45, 7) is 0.567. The van der Waals surface area contributed by atoms with E-state index in [1.54, 1.807) is 0 Å². The molecule has 0 unspecified atom stereocenters. The maximum Gasteiger partial charge on any atom is 0.246 e. The van der Waals surface area contributed by atoms with Crippen molar-refractivity contribution in [3.8, 4) is 0 Å². The molecule has 0 aliphatic heterocycles. The molecule has 0 bridgehead atoms. The van der Waals surface area contributed by atoms with Crippen molar-refractivity contribution in [2.45, 2.75) is 6.61 Å².